The molecule has 0 saturated heterocycles. The van der Waals surface area contributed by atoms with Gasteiger partial charge in [-0.05, 0) is 41.9 Å². The standard InChI is InChI=1S/C11H14BrF3N2OS/c1-3-17(6-7-4-5-8(12)19-7)9(18)10(2,16)11(13,14)15/h4-5H,3,6,16H2,1-2H3. The van der Waals surface area contributed by atoms with Crippen LogP contribution in [0, 0.1) is 0 Å². The number of carbonyl (C=O) groups excluding carboxylic acids is 1. The Bertz CT molecular complexity index is 459. The Morgan fingerprint density at radius 1 is 1.47 bits per heavy atom. The van der Waals surface area contributed by atoms with E-state index >= 15 is 0 Å². The summed E-state index contributed by atoms with van der Waals surface area (Å²) in [5, 5.41) is 0. The van der Waals surface area contributed by atoms with E-state index in [2.05, 4.69) is 15.9 Å². The van der Waals surface area contributed by atoms with Gasteiger partial charge in [-0.25, -0.2) is 0 Å². The summed E-state index contributed by atoms with van der Waals surface area (Å²) in [6.45, 7) is 2.60. The van der Waals surface area contributed by atoms with Crippen LogP contribution in [-0.4, -0.2) is 29.1 Å². The van der Waals surface area contributed by atoms with E-state index in [9.17, 15) is 18.0 Å². The molecule has 0 aliphatic rings. The lowest BCUT2D eigenvalue weighted by Gasteiger charge is -2.32. The van der Waals surface area contributed by atoms with Crippen LogP contribution in [0.15, 0.2) is 15.9 Å². The molecule has 108 valence electrons. The van der Waals surface area contributed by atoms with Gasteiger partial charge in [0.05, 0.1) is 10.3 Å². The number of rotatable bonds is 4. The fourth-order valence-corrected chi connectivity index (χ4v) is 2.90. The molecule has 3 nitrogen and oxygen atoms in total. The summed E-state index contributed by atoms with van der Waals surface area (Å²) in [5.74, 6) is -1.12. The third-order valence-corrected chi connectivity index (χ3v) is 4.29. The predicted octanol–water partition coefficient (Wildman–Crippen LogP) is 3.14. The first kappa shape index (κ1) is 16.5. The number of hydrogen-bond acceptors (Lipinski definition) is 3. The molecule has 0 saturated carbocycles. The van der Waals surface area contributed by atoms with E-state index < -0.39 is 17.6 Å². The summed E-state index contributed by atoms with van der Waals surface area (Å²) in [5.41, 5.74) is 2.29. The van der Waals surface area contributed by atoms with Gasteiger partial charge in [0.1, 0.15) is 0 Å². The van der Waals surface area contributed by atoms with Crippen molar-refractivity contribution in [2.75, 3.05) is 6.54 Å². The van der Waals surface area contributed by atoms with Gasteiger partial charge >= 0.3 is 6.18 Å². The molecule has 0 fully saturated rings. The summed E-state index contributed by atoms with van der Waals surface area (Å²) in [6.07, 6.45) is -4.77. The maximum absolute atomic E-state index is 12.7. The average molecular weight is 359 g/mol. The Kier molecular flexibility index (Phi) is 5.02. The Morgan fingerprint density at radius 3 is 2.42 bits per heavy atom. The summed E-state index contributed by atoms with van der Waals surface area (Å²) >= 11 is 4.63. The molecular formula is C11H14BrF3N2OS. The van der Waals surface area contributed by atoms with Crippen LogP contribution >= 0.6 is 27.3 Å². The van der Waals surface area contributed by atoms with Gasteiger partial charge in [-0.15, -0.1) is 11.3 Å². The van der Waals surface area contributed by atoms with Crippen molar-refractivity contribution in [3.63, 3.8) is 0 Å². The van der Waals surface area contributed by atoms with Crippen LogP contribution in [0.5, 0.6) is 0 Å². The first-order valence-electron chi connectivity index (χ1n) is 5.48. The summed E-state index contributed by atoms with van der Waals surface area (Å²) < 4.78 is 39.1. The first-order valence-corrected chi connectivity index (χ1v) is 7.09. The number of thiophene rings is 1. The second-order valence-electron chi connectivity index (χ2n) is 4.23. The van der Waals surface area contributed by atoms with Gasteiger partial charge in [-0.2, -0.15) is 13.2 Å². The largest absolute Gasteiger partial charge is 0.415 e. The topological polar surface area (TPSA) is 46.3 Å². The Morgan fingerprint density at radius 2 is 2.05 bits per heavy atom. The summed E-state index contributed by atoms with van der Waals surface area (Å²) in [4.78, 5) is 13.8. The molecule has 1 heterocycles. The number of hydrogen-bond donors (Lipinski definition) is 1. The zero-order valence-electron chi connectivity index (χ0n) is 10.4. The predicted molar refractivity (Wildman–Crippen MR) is 71.8 cm³/mol. The van der Waals surface area contributed by atoms with Crippen molar-refractivity contribution in [3.05, 3.63) is 20.8 Å². The van der Waals surface area contributed by atoms with Crippen LogP contribution < -0.4 is 5.73 Å². The monoisotopic (exact) mass is 358 g/mol. The van der Waals surface area contributed by atoms with Crippen molar-refractivity contribution < 1.29 is 18.0 Å². The molecule has 0 aliphatic carbocycles. The Labute approximate surface area is 121 Å². The van der Waals surface area contributed by atoms with Crippen molar-refractivity contribution in [2.45, 2.75) is 32.1 Å². The molecule has 1 amide bonds. The molecule has 1 rings (SSSR count). The Balaban J connectivity index is 2.89. The van der Waals surface area contributed by atoms with Gasteiger partial charge in [-0.3, -0.25) is 4.79 Å². The highest BCUT2D eigenvalue weighted by Gasteiger charge is 2.55. The SMILES string of the molecule is CCN(Cc1ccc(Br)s1)C(=O)C(C)(N)C(F)(F)F. The fraction of sp³-hybridized carbons (Fsp3) is 0.545. The lowest BCUT2D eigenvalue weighted by Crippen LogP contribution is -2.61. The lowest BCUT2D eigenvalue weighted by molar-refractivity contribution is -0.193. The highest BCUT2D eigenvalue weighted by atomic mass is 79.9. The third-order valence-electron chi connectivity index (χ3n) is 2.68. The number of likely N-dealkylation sites (N-methyl/N-ethyl adjacent to an activating group) is 1. The number of alkyl halides is 3. The van der Waals surface area contributed by atoms with E-state index in [1.807, 2.05) is 0 Å². The molecule has 1 atom stereocenters. The van der Waals surface area contributed by atoms with Gasteiger partial charge in [0, 0.05) is 11.4 Å². The number of amides is 1. The molecule has 1 aromatic rings. The van der Waals surface area contributed by atoms with Crippen molar-refractivity contribution in [1.29, 1.82) is 0 Å². The molecule has 19 heavy (non-hydrogen) atoms. The minimum absolute atomic E-state index is 0.120. The minimum atomic E-state index is -4.77. The molecule has 1 unspecified atom stereocenters. The van der Waals surface area contributed by atoms with Crippen LogP contribution in [0.3, 0.4) is 0 Å². The summed E-state index contributed by atoms with van der Waals surface area (Å²) in [6, 6.07) is 3.54. The van der Waals surface area contributed by atoms with Crippen molar-refractivity contribution in [3.8, 4) is 0 Å². The van der Waals surface area contributed by atoms with Crippen LogP contribution in [0.2, 0.25) is 0 Å². The first-order chi connectivity index (χ1) is 8.59. The molecule has 0 aromatic carbocycles. The molecular weight excluding hydrogens is 345 g/mol. The zero-order valence-corrected chi connectivity index (χ0v) is 12.8. The van der Waals surface area contributed by atoms with Gasteiger partial charge in [0.25, 0.3) is 5.91 Å². The molecule has 0 aliphatic heterocycles. The molecule has 8 heteroatoms. The van der Waals surface area contributed by atoms with E-state index in [1.165, 1.54) is 11.3 Å². The quantitative estimate of drug-likeness (QED) is 0.898. The summed E-state index contributed by atoms with van der Waals surface area (Å²) in [7, 11) is 0. The highest BCUT2D eigenvalue weighted by molar-refractivity contribution is 9.11. The Hall–Kier alpha value is -0.600. The molecule has 2 N–H and O–H groups in total. The normalized spacial score (nSPS) is 15.1. The zero-order chi connectivity index (χ0) is 14.8. The smallest absolute Gasteiger partial charge is 0.336 e. The van der Waals surface area contributed by atoms with Gasteiger partial charge in [0.2, 0.25) is 0 Å². The fourth-order valence-electron chi connectivity index (χ4n) is 1.40. The van der Waals surface area contributed by atoms with E-state index in [4.69, 9.17) is 5.73 Å². The third kappa shape index (κ3) is 3.70. The number of carbonyl (C=O) groups is 1. The minimum Gasteiger partial charge on any atom is -0.336 e. The van der Waals surface area contributed by atoms with Crippen LogP contribution in [0.4, 0.5) is 13.2 Å². The van der Waals surface area contributed by atoms with Gasteiger partial charge < -0.3 is 10.6 Å². The highest BCUT2D eigenvalue weighted by Crippen LogP contribution is 2.30. The molecule has 0 spiro atoms. The van der Waals surface area contributed by atoms with Crippen molar-refractivity contribution in [1.82, 2.24) is 4.90 Å². The van der Waals surface area contributed by atoms with Crippen LogP contribution in [0.25, 0.3) is 0 Å². The van der Waals surface area contributed by atoms with Crippen LogP contribution in [0.1, 0.15) is 18.7 Å². The van der Waals surface area contributed by atoms with Crippen molar-refractivity contribution in [2.24, 2.45) is 5.73 Å². The van der Waals surface area contributed by atoms with Gasteiger partial charge in [0.15, 0.2) is 5.54 Å². The maximum Gasteiger partial charge on any atom is 0.415 e. The lowest BCUT2D eigenvalue weighted by atomic mass is 10.0. The van der Waals surface area contributed by atoms with E-state index in [0.717, 1.165) is 13.6 Å². The maximum atomic E-state index is 12.7. The number of halogens is 4. The number of nitrogens with two attached hydrogens (primary N) is 1. The van der Waals surface area contributed by atoms with E-state index in [0.29, 0.717) is 6.92 Å². The van der Waals surface area contributed by atoms with E-state index in [1.54, 1.807) is 19.1 Å². The van der Waals surface area contributed by atoms with Crippen molar-refractivity contribution >= 4 is 33.2 Å². The average Bonchev–Trinajstić information content (AvgIpc) is 2.69. The second-order valence-corrected chi connectivity index (χ2v) is 6.77. The second kappa shape index (κ2) is 5.80. The molecule has 0 bridgehead atoms. The molecule has 0 radical (unpaired) electrons. The number of nitrogens with zero attached hydrogens (tertiary/aromatic N) is 1. The van der Waals surface area contributed by atoms with Gasteiger partial charge in [-0.1, -0.05) is 0 Å². The van der Waals surface area contributed by atoms with E-state index in [-0.39, 0.29) is 13.1 Å². The molecule has 1 aromatic heterocycles. The van der Waals surface area contributed by atoms with Crippen LogP contribution in [-0.2, 0) is 11.3 Å².